The Hall–Kier alpha value is -2.82. The third kappa shape index (κ3) is 4.71. The van der Waals surface area contributed by atoms with Crippen LogP contribution in [0.3, 0.4) is 0 Å². The largest absolute Gasteiger partial charge is 0.321 e. The molecular weight excluding hydrogens is 395 g/mol. The summed E-state index contributed by atoms with van der Waals surface area (Å²) >= 11 is 12.2. The number of halogens is 2. The highest BCUT2D eigenvalue weighted by Gasteiger charge is 2.12. The first kappa shape index (κ1) is 19.9. The van der Waals surface area contributed by atoms with Gasteiger partial charge in [0.15, 0.2) is 0 Å². The van der Waals surface area contributed by atoms with Crippen LogP contribution in [0.1, 0.15) is 31.8 Å². The van der Waals surface area contributed by atoms with Crippen molar-refractivity contribution in [1.29, 1.82) is 0 Å². The van der Waals surface area contributed by atoms with Gasteiger partial charge in [0, 0.05) is 11.1 Å². The normalized spacial score (nSPS) is 10.4. The second kappa shape index (κ2) is 8.46. The fourth-order valence-corrected chi connectivity index (χ4v) is 2.96. The van der Waals surface area contributed by atoms with Crippen molar-refractivity contribution < 1.29 is 9.59 Å². The van der Waals surface area contributed by atoms with Crippen LogP contribution in [0.2, 0.25) is 10.0 Å². The van der Waals surface area contributed by atoms with Crippen molar-refractivity contribution in [3.05, 3.63) is 93.0 Å². The molecule has 0 aliphatic carbocycles. The summed E-state index contributed by atoms with van der Waals surface area (Å²) in [6.45, 7) is 3.83. The smallest absolute Gasteiger partial charge is 0.255 e. The molecule has 3 aromatic rings. The quantitative estimate of drug-likeness (QED) is 0.542. The van der Waals surface area contributed by atoms with Crippen LogP contribution < -0.4 is 10.6 Å². The van der Waals surface area contributed by atoms with Crippen LogP contribution in [0.4, 0.5) is 11.4 Å². The zero-order valence-corrected chi connectivity index (χ0v) is 16.9. The molecule has 0 aliphatic heterocycles. The van der Waals surface area contributed by atoms with E-state index in [0.717, 1.165) is 11.1 Å². The van der Waals surface area contributed by atoms with Crippen molar-refractivity contribution in [3.63, 3.8) is 0 Å². The van der Waals surface area contributed by atoms with Crippen molar-refractivity contribution in [3.8, 4) is 0 Å². The summed E-state index contributed by atoms with van der Waals surface area (Å²) < 4.78 is 0. The highest BCUT2D eigenvalue weighted by atomic mass is 35.5. The van der Waals surface area contributed by atoms with Gasteiger partial charge in [-0.2, -0.15) is 0 Å². The van der Waals surface area contributed by atoms with Crippen molar-refractivity contribution in [2.75, 3.05) is 10.6 Å². The average molecular weight is 413 g/mol. The predicted molar refractivity (Wildman–Crippen MR) is 115 cm³/mol. The second-order valence-electron chi connectivity index (χ2n) is 6.45. The van der Waals surface area contributed by atoms with E-state index >= 15 is 0 Å². The first-order chi connectivity index (χ1) is 13.3. The van der Waals surface area contributed by atoms with E-state index in [1.807, 2.05) is 26.0 Å². The maximum atomic E-state index is 12.4. The van der Waals surface area contributed by atoms with E-state index in [2.05, 4.69) is 10.6 Å². The van der Waals surface area contributed by atoms with Crippen molar-refractivity contribution in [2.24, 2.45) is 0 Å². The molecule has 0 heterocycles. The minimum absolute atomic E-state index is 0.304. The summed E-state index contributed by atoms with van der Waals surface area (Å²) in [6.07, 6.45) is 0. The molecule has 0 radical (unpaired) electrons. The molecule has 142 valence electrons. The molecule has 0 bridgehead atoms. The van der Waals surface area contributed by atoms with Crippen LogP contribution in [0, 0.1) is 13.8 Å². The monoisotopic (exact) mass is 412 g/mol. The Labute approximate surface area is 173 Å². The third-order valence-electron chi connectivity index (χ3n) is 4.15. The number of aryl methyl sites for hydroxylation is 2. The van der Waals surface area contributed by atoms with Gasteiger partial charge in [-0.05, 0) is 73.5 Å². The Morgan fingerprint density at radius 2 is 1.00 bits per heavy atom. The lowest BCUT2D eigenvalue weighted by molar-refractivity contribution is 0.101. The van der Waals surface area contributed by atoms with Crippen LogP contribution in [0.15, 0.2) is 60.7 Å². The van der Waals surface area contributed by atoms with E-state index in [-0.39, 0.29) is 11.8 Å². The molecule has 0 aliphatic rings. The molecule has 3 aromatic carbocycles. The Kier molecular flexibility index (Phi) is 6.02. The van der Waals surface area contributed by atoms with Gasteiger partial charge in [0.05, 0.1) is 21.4 Å². The molecule has 0 unspecified atom stereocenters. The molecule has 28 heavy (non-hydrogen) atoms. The number of hydrogen-bond donors (Lipinski definition) is 2. The van der Waals surface area contributed by atoms with Gasteiger partial charge < -0.3 is 10.6 Å². The van der Waals surface area contributed by atoms with E-state index in [1.54, 1.807) is 48.5 Å². The summed E-state index contributed by atoms with van der Waals surface area (Å²) in [6, 6.07) is 17.2. The lowest BCUT2D eigenvalue weighted by atomic mass is 10.1. The van der Waals surface area contributed by atoms with Gasteiger partial charge in [-0.25, -0.2) is 0 Å². The number of carbonyl (C=O) groups is 2. The maximum Gasteiger partial charge on any atom is 0.255 e. The van der Waals surface area contributed by atoms with E-state index in [9.17, 15) is 9.59 Å². The molecule has 0 atom stereocenters. The third-order valence-corrected chi connectivity index (χ3v) is 4.81. The number of rotatable bonds is 4. The first-order valence-electron chi connectivity index (χ1n) is 8.58. The van der Waals surface area contributed by atoms with Gasteiger partial charge >= 0.3 is 0 Å². The van der Waals surface area contributed by atoms with Crippen LogP contribution >= 0.6 is 23.2 Å². The number of nitrogens with one attached hydrogen (secondary N) is 2. The minimum atomic E-state index is -0.304. The van der Waals surface area contributed by atoms with Crippen molar-refractivity contribution in [2.45, 2.75) is 13.8 Å². The van der Waals surface area contributed by atoms with E-state index in [0.29, 0.717) is 32.5 Å². The minimum Gasteiger partial charge on any atom is -0.321 e. The first-order valence-corrected chi connectivity index (χ1v) is 9.34. The zero-order chi connectivity index (χ0) is 20.3. The fraction of sp³-hybridized carbons (Fsp3) is 0.0909. The Balaban J connectivity index is 1.72. The highest BCUT2D eigenvalue weighted by molar-refractivity contribution is 6.34. The van der Waals surface area contributed by atoms with Crippen LogP contribution in [0.25, 0.3) is 0 Å². The van der Waals surface area contributed by atoms with Gasteiger partial charge in [0.2, 0.25) is 0 Å². The lowest BCUT2D eigenvalue weighted by Gasteiger charge is -2.10. The SMILES string of the molecule is Cc1ccc(Cl)c(NC(=O)c2ccc(C(=O)Nc3cc(C)ccc3Cl)cc2)c1. The number of amides is 2. The molecule has 0 aromatic heterocycles. The molecule has 0 saturated carbocycles. The van der Waals surface area contributed by atoms with E-state index in [1.165, 1.54) is 0 Å². The average Bonchev–Trinajstić information content (AvgIpc) is 2.67. The Morgan fingerprint density at radius 1 is 0.643 bits per heavy atom. The Morgan fingerprint density at radius 3 is 1.36 bits per heavy atom. The topological polar surface area (TPSA) is 58.2 Å². The van der Waals surface area contributed by atoms with E-state index < -0.39 is 0 Å². The molecule has 6 heteroatoms. The van der Waals surface area contributed by atoms with Gasteiger partial charge in [-0.3, -0.25) is 9.59 Å². The summed E-state index contributed by atoms with van der Waals surface area (Å²) in [5, 5.41) is 6.49. The predicted octanol–water partition coefficient (Wildman–Crippen LogP) is 6.11. The molecule has 0 fully saturated rings. The molecule has 2 amide bonds. The number of benzene rings is 3. The maximum absolute atomic E-state index is 12.4. The van der Waals surface area contributed by atoms with Gasteiger partial charge in [-0.15, -0.1) is 0 Å². The lowest BCUT2D eigenvalue weighted by Crippen LogP contribution is -2.15. The van der Waals surface area contributed by atoms with Crippen LogP contribution in [-0.4, -0.2) is 11.8 Å². The summed E-state index contributed by atoms with van der Waals surface area (Å²) in [5.74, 6) is -0.609. The summed E-state index contributed by atoms with van der Waals surface area (Å²) in [7, 11) is 0. The van der Waals surface area contributed by atoms with Gasteiger partial charge in [0.25, 0.3) is 11.8 Å². The van der Waals surface area contributed by atoms with E-state index in [4.69, 9.17) is 23.2 Å². The molecule has 4 nitrogen and oxygen atoms in total. The summed E-state index contributed by atoms with van der Waals surface area (Å²) in [5.41, 5.74) is 3.90. The Bertz CT molecular complexity index is 962. The van der Waals surface area contributed by atoms with Gasteiger partial charge in [-0.1, -0.05) is 35.3 Å². The number of hydrogen-bond acceptors (Lipinski definition) is 2. The van der Waals surface area contributed by atoms with Crippen molar-refractivity contribution >= 4 is 46.4 Å². The zero-order valence-electron chi connectivity index (χ0n) is 15.3. The van der Waals surface area contributed by atoms with Crippen LogP contribution in [-0.2, 0) is 0 Å². The molecule has 0 saturated heterocycles. The highest BCUT2D eigenvalue weighted by Crippen LogP contribution is 2.24. The van der Waals surface area contributed by atoms with Gasteiger partial charge in [0.1, 0.15) is 0 Å². The fourth-order valence-electron chi connectivity index (χ4n) is 2.63. The van der Waals surface area contributed by atoms with Crippen molar-refractivity contribution in [1.82, 2.24) is 0 Å². The second-order valence-corrected chi connectivity index (χ2v) is 7.27. The number of carbonyl (C=O) groups excluding carboxylic acids is 2. The molecule has 3 rings (SSSR count). The standard InChI is InChI=1S/C22H18Cl2N2O2/c1-13-3-9-17(23)19(11-13)25-21(27)15-5-7-16(8-6-15)22(28)26-20-12-14(2)4-10-18(20)24/h3-12H,1-2H3,(H,25,27)(H,26,28). The van der Waals surface area contributed by atoms with Crippen LogP contribution in [0.5, 0.6) is 0 Å². The summed E-state index contributed by atoms with van der Waals surface area (Å²) in [4.78, 5) is 24.9. The molecular formula is C22H18Cl2N2O2. The molecule has 0 spiro atoms. The molecule has 2 N–H and O–H groups in total. The number of anilines is 2.